The van der Waals surface area contributed by atoms with Crippen LogP contribution in [0.25, 0.3) is 0 Å². The molecule has 1 N–H and O–H groups in total. The molecule has 2 heterocycles. The summed E-state index contributed by atoms with van der Waals surface area (Å²) in [5, 5.41) is 3.43. The van der Waals surface area contributed by atoms with Crippen LogP contribution in [0.2, 0.25) is 0 Å². The van der Waals surface area contributed by atoms with E-state index in [1.165, 1.54) is 18.5 Å². The number of likely N-dealkylation sites (N-methyl/N-ethyl adjacent to an activating group) is 1. The number of methoxy groups -OCH3 is 1. The topological polar surface area (TPSA) is 40.6 Å². The number of ether oxygens (including phenoxy) is 1. The molecule has 1 aliphatic heterocycles. The molecule has 21 heavy (non-hydrogen) atoms. The smallest absolute Gasteiger partial charge is 0.128 e. The van der Waals surface area contributed by atoms with Crippen molar-refractivity contribution < 1.29 is 4.74 Å². The molecular formula is C15H27ClN4O. The van der Waals surface area contributed by atoms with Gasteiger partial charge in [-0.25, -0.2) is 4.98 Å². The summed E-state index contributed by atoms with van der Waals surface area (Å²) in [6.45, 7) is 7.10. The number of aromatic nitrogens is 1. The van der Waals surface area contributed by atoms with Crippen LogP contribution in [0.5, 0.6) is 0 Å². The maximum Gasteiger partial charge on any atom is 0.128 e. The van der Waals surface area contributed by atoms with E-state index in [1.807, 2.05) is 13.2 Å². The average Bonchev–Trinajstić information content (AvgIpc) is 2.74. The van der Waals surface area contributed by atoms with Gasteiger partial charge in [0.15, 0.2) is 0 Å². The number of pyridine rings is 1. The largest absolute Gasteiger partial charge is 0.383 e. The average molecular weight is 315 g/mol. The summed E-state index contributed by atoms with van der Waals surface area (Å²) in [6.07, 6.45) is 3.22. The van der Waals surface area contributed by atoms with Gasteiger partial charge in [-0.2, -0.15) is 0 Å². The highest BCUT2D eigenvalue weighted by molar-refractivity contribution is 5.85. The van der Waals surface area contributed by atoms with Crippen molar-refractivity contribution in [1.82, 2.24) is 15.2 Å². The third-order valence-corrected chi connectivity index (χ3v) is 3.67. The van der Waals surface area contributed by atoms with Crippen molar-refractivity contribution in [2.75, 3.05) is 58.4 Å². The summed E-state index contributed by atoms with van der Waals surface area (Å²) in [6, 6.07) is 4.28. The van der Waals surface area contributed by atoms with E-state index in [2.05, 4.69) is 32.2 Å². The highest BCUT2D eigenvalue weighted by atomic mass is 35.5. The van der Waals surface area contributed by atoms with Crippen molar-refractivity contribution in [1.29, 1.82) is 0 Å². The van der Waals surface area contributed by atoms with E-state index in [-0.39, 0.29) is 12.4 Å². The molecule has 1 fully saturated rings. The SMILES string of the molecule is COCCN(C)c1ccc(CN2CCCNCC2)cn1.Cl. The van der Waals surface area contributed by atoms with Gasteiger partial charge in [0.25, 0.3) is 0 Å². The van der Waals surface area contributed by atoms with Gasteiger partial charge < -0.3 is 15.0 Å². The van der Waals surface area contributed by atoms with Crippen LogP contribution >= 0.6 is 12.4 Å². The van der Waals surface area contributed by atoms with Crippen LogP contribution in [0.4, 0.5) is 5.82 Å². The Bertz CT molecular complexity index is 380. The molecule has 0 spiro atoms. The fraction of sp³-hybridized carbons (Fsp3) is 0.667. The molecule has 1 saturated heterocycles. The molecule has 120 valence electrons. The van der Waals surface area contributed by atoms with Crippen molar-refractivity contribution in [3.05, 3.63) is 23.9 Å². The lowest BCUT2D eigenvalue weighted by molar-refractivity contribution is 0.206. The number of hydrogen-bond donors (Lipinski definition) is 1. The van der Waals surface area contributed by atoms with Gasteiger partial charge in [-0.3, -0.25) is 4.90 Å². The van der Waals surface area contributed by atoms with Gasteiger partial charge in [0.1, 0.15) is 5.82 Å². The lowest BCUT2D eigenvalue weighted by atomic mass is 10.2. The molecule has 0 aromatic carbocycles. The zero-order valence-corrected chi connectivity index (χ0v) is 13.9. The fourth-order valence-corrected chi connectivity index (χ4v) is 2.40. The third kappa shape index (κ3) is 6.18. The Morgan fingerprint density at radius 1 is 1.33 bits per heavy atom. The van der Waals surface area contributed by atoms with Crippen molar-refractivity contribution in [3.63, 3.8) is 0 Å². The van der Waals surface area contributed by atoms with E-state index >= 15 is 0 Å². The normalized spacial score (nSPS) is 16.1. The molecule has 0 aliphatic carbocycles. The zero-order chi connectivity index (χ0) is 14.2. The van der Waals surface area contributed by atoms with Crippen LogP contribution in [0.15, 0.2) is 18.3 Å². The van der Waals surface area contributed by atoms with Crippen molar-refractivity contribution in [2.45, 2.75) is 13.0 Å². The first kappa shape index (κ1) is 18.2. The zero-order valence-electron chi connectivity index (χ0n) is 13.0. The molecule has 1 aliphatic rings. The Morgan fingerprint density at radius 3 is 2.90 bits per heavy atom. The standard InChI is InChI=1S/C15H26N4O.ClH/c1-18(10-11-20-2)15-5-4-14(12-17-15)13-19-8-3-6-16-7-9-19;/h4-5,12,16H,3,6-11,13H2,1-2H3;1H. The second kappa shape index (κ2) is 9.95. The highest BCUT2D eigenvalue weighted by Crippen LogP contribution is 2.11. The minimum absolute atomic E-state index is 0. The first-order chi connectivity index (χ1) is 9.79. The van der Waals surface area contributed by atoms with E-state index in [4.69, 9.17) is 4.74 Å². The van der Waals surface area contributed by atoms with E-state index in [0.717, 1.165) is 45.1 Å². The van der Waals surface area contributed by atoms with Crippen molar-refractivity contribution in [3.8, 4) is 0 Å². The Kier molecular flexibility index (Phi) is 8.61. The number of anilines is 1. The summed E-state index contributed by atoms with van der Waals surface area (Å²) >= 11 is 0. The maximum absolute atomic E-state index is 5.09. The second-order valence-electron chi connectivity index (χ2n) is 5.32. The molecule has 0 atom stereocenters. The minimum atomic E-state index is 0. The first-order valence-corrected chi connectivity index (χ1v) is 7.37. The summed E-state index contributed by atoms with van der Waals surface area (Å²) in [7, 11) is 3.77. The Morgan fingerprint density at radius 2 is 2.19 bits per heavy atom. The van der Waals surface area contributed by atoms with E-state index in [9.17, 15) is 0 Å². The number of nitrogens with one attached hydrogen (secondary N) is 1. The number of halogens is 1. The van der Waals surface area contributed by atoms with Gasteiger partial charge in [0.2, 0.25) is 0 Å². The predicted octanol–water partition coefficient (Wildman–Crippen LogP) is 1.38. The molecule has 1 aromatic heterocycles. The van der Waals surface area contributed by atoms with Crippen molar-refractivity contribution >= 4 is 18.2 Å². The quantitative estimate of drug-likeness (QED) is 0.859. The number of nitrogens with zero attached hydrogens (tertiary/aromatic N) is 3. The van der Waals surface area contributed by atoms with Crippen LogP contribution in [0.1, 0.15) is 12.0 Å². The van der Waals surface area contributed by atoms with Crippen LogP contribution in [0, 0.1) is 0 Å². The van der Waals surface area contributed by atoms with Gasteiger partial charge in [0.05, 0.1) is 6.61 Å². The predicted molar refractivity (Wildman–Crippen MR) is 89.4 cm³/mol. The summed E-state index contributed by atoms with van der Waals surface area (Å²) < 4.78 is 5.09. The molecule has 1 aromatic rings. The second-order valence-corrected chi connectivity index (χ2v) is 5.32. The van der Waals surface area contributed by atoms with E-state index < -0.39 is 0 Å². The Labute approximate surface area is 134 Å². The van der Waals surface area contributed by atoms with Crippen LogP contribution in [0.3, 0.4) is 0 Å². The fourth-order valence-electron chi connectivity index (χ4n) is 2.40. The molecule has 0 saturated carbocycles. The van der Waals surface area contributed by atoms with E-state index in [0.29, 0.717) is 0 Å². The van der Waals surface area contributed by atoms with Crippen molar-refractivity contribution in [2.24, 2.45) is 0 Å². The Hall–Kier alpha value is -0.880. The molecule has 0 radical (unpaired) electrons. The van der Waals surface area contributed by atoms with Crippen LogP contribution < -0.4 is 10.2 Å². The molecule has 6 heteroatoms. The third-order valence-electron chi connectivity index (χ3n) is 3.67. The van der Waals surface area contributed by atoms with Gasteiger partial charge in [-0.05, 0) is 31.1 Å². The molecule has 0 bridgehead atoms. The van der Waals surface area contributed by atoms with Gasteiger partial charge in [-0.15, -0.1) is 12.4 Å². The van der Waals surface area contributed by atoms with Gasteiger partial charge in [0, 0.05) is 46.5 Å². The van der Waals surface area contributed by atoms with Gasteiger partial charge in [-0.1, -0.05) is 6.07 Å². The number of hydrogen-bond acceptors (Lipinski definition) is 5. The Balaban J connectivity index is 0.00000220. The molecule has 0 unspecified atom stereocenters. The van der Waals surface area contributed by atoms with Crippen LogP contribution in [-0.4, -0.2) is 63.4 Å². The lowest BCUT2D eigenvalue weighted by Crippen LogP contribution is -2.27. The number of rotatable bonds is 6. The lowest BCUT2D eigenvalue weighted by Gasteiger charge is -2.20. The van der Waals surface area contributed by atoms with E-state index in [1.54, 1.807) is 7.11 Å². The summed E-state index contributed by atoms with van der Waals surface area (Å²) in [4.78, 5) is 9.15. The minimum Gasteiger partial charge on any atom is -0.383 e. The monoisotopic (exact) mass is 314 g/mol. The molecular weight excluding hydrogens is 288 g/mol. The molecule has 2 rings (SSSR count). The summed E-state index contributed by atoms with van der Waals surface area (Å²) in [5.41, 5.74) is 1.29. The highest BCUT2D eigenvalue weighted by Gasteiger charge is 2.09. The maximum atomic E-state index is 5.09. The molecule has 0 amide bonds. The molecule has 5 nitrogen and oxygen atoms in total. The summed E-state index contributed by atoms with van der Waals surface area (Å²) in [5.74, 6) is 1.00. The van der Waals surface area contributed by atoms with Crippen LogP contribution in [-0.2, 0) is 11.3 Å². The first-order valence-electron chi connectivity index (χ1n) is 7.37. The van der Waals surface area contributed by atoms with Gasteiger partial charge >= 0.3 is 0 Å².